The number of hydrogen-bond acceptors (Lipinski definition) is 6. The summed E-state index contributed by atoms with van der Waals surface area (Å²) in [6.07, 6.45) is 0.902. The van der Waals surface area contributed by atoms with Crippen LogP contribution in [0.15, 0.2) is 18.2 Å². The Hall–Kier alpha value is -2.50. The number of ether oxygens (including phenoxy) is 2. The van der Waals surface area contributed by atoms with Gasteiger partial charge in [-0.15, -0.1) is 0 Å². The average Bonchev–Trinajstić information content (AvgIpc) is 3.04. The number of fused-ring (bicyclic) bond motifs is 2. The largest absolute Gasteiger partial charge is 0.454 e. The minimum Gasteiger partial charge on any atom is -0.454 e. The molecule has 0 spiro atoms. The summed E-state index contributed by atoms with van der Waals surface area (Å²) in [5.41, 5.74) is 8.71. The highest BCUT2D eigenvalue weighted by Gasteiger charge is 2.21. The van der Waals surface area contributed by atoms with Crippen molar-refractivity contribution in [1.82, 2.24) is 9.97 Å². The second-order valence-corrected chi connectivity index (χ2v) is 4.50. The van der Waals surface area contributed by atoms with Gasteiger partial charge in [0, 0.05) is 17.7 Å². The van der Waals surface area contributed by atoms with E-state index < -0.39 is 0 Å². The molecule has 6 nitrogen and oxygen atoms in total. The van der Waals surface area contributed by atoms with Crippen LogP contribution in [-0.4, -0.2) is 23.3 Å². The summed E-state index contributed by atoms with van der Waals surface area (Å²) in [5.74, 6) is 2.62. The van der Waals surface area contributed by atoms with Crippen molar-refractivity contribution in [1.29, 1.82) is 0 Å². The first-order valence-corrected chi connectivity index (χ1v) is 6.11. The maximum absolute atomic E-state index is 5.76. The SMILES string of the molecule is Nc1nc2c(c(-c3ccc4c(c3)OCO4)n1)CCN2. The van der Waals surface area contributed by atoms with Gasteiger partial charge in [-0.2, -0.15) is 4.98 Å². The van der Waals surface area contributed by atoms with Gasteiger partial charge in [0.2, 0.25) is 12.7 Å². The molecule has 0 bridgehead atoms. The number of anilines is 2. The van der Waals surface area contributed by atoms with Gasteiger partial charge in [0.05, 0.1) is 5.69 Å². The van der Waals surface area contributed by atoms with Crippen LogP contribution < -0.4 is 20.5 Å². The van der Waals surface area contributed by atoms with Crippen LogP contribution >= 0.6 is 0 Å². The molecule has 2 aromatic rings. The minimum atomic E-state index is 0.268. The Bertz CT molecular complexity index is 672. The van der Waals surface area contributed by atoms with Gasteiger partial charge in [0.15, 0.2) is 11.5 Å². The molecule has 2 aliphatic heterocycles. The van der Waals surface area contributed by atoms with Crippen molar-refractivity contribution in [2.24, 2.45) is 0 Å². The number of hydrogen-bond donors (Lipinski definition) is 2. The van der Waals surface area contributed by atoms with Crippen molar-refractivity contribution in [3.63, 3.8) is 0 Å². The van der Waals surface area contributed by atoms with Gasteiger partial charge < -0.3 is 20.5 Å². The zero-order valence-electron chi connectivity index (χ0n) is 10.1. The van der Waals surface area contributed by atoms with Crippen molar-refractivity contribution >= 4 is 11.8 Å². The number of benzene rings is 1. The van der Waals surface area contributed by atoms with Crippen molar-refractivity contribution < 1.29 is 9.47 Å². The third-order valence-electron chi connectivity index (χ3n) is 3.34. The van der Waals surface area contributed by atoms with E-state index in [1.165, 1.54) is 0 Å². The lowest BCUT2D eigenvalue weighted by atomic mass is 10.0. The van der Waals surface area contributed by atoms with Crippen molar-refractivity contribution in [3.8, 4) is 22.8 Å². The fraction of sp³-hybridized carbons (Fsp3) is 0.231. The Labute approximate surface area is 109 Å². The second-order valence-electron chi connectivity index (χ2n) is 4.50. The Morgan fingerprint density at radius 2 is 2.05 bits per heavy atom. The Morgan fingerprint density at radius 3 is 3.00 bits per heavy atom. The lowest BCUT2D eigenvalue weighted by Crippen LogP contribution is -2.01. The smallest absolute Gasteiger partial charge is 0.231 e. The average molecular weight is 256 g/mol. The molecule has 0 amide bonds. The van der Waals surface area contributed by atoms with Gasteiger partial charge in [-0.05, 0) is 24.6 Å². The molecule has 96 valence electrons. The lowest BCUT2D eigenvalue weighted by molar-refractivity contribution is 0.174. The second kappa shape index (κ2) is 3.74. The van der Waals surface area contributed by atoms with Gasteiger partial charge in [-0.1, -0.05) is 0 Å². The van der Waals surface area contributed by atoms with E-state index in [0.717, 1.165) is 47.1 Å². The third-order valence-corrected chi connectivity index (χ3v) is 3.34. The van der Waals surface area contributed by atoms with Crippen molar-refractivity contribution in [2.75, 3.05) is 24.4 Å². The zero-order valence-corrected chi connectivity index (χ0v) is 10.1. The highest BCUT2D eigenvalue weighted by Crippen LogP contribution is 2.38. The van der Waals surface area contributed by atoms with Crippen LogP contribution in [0.2, 0.25) is 0 Å². The molecule has 0 aliphatic carbocycles. The fourth-order valence-corrected chi connectivity index (χ4v) is 2.47. The van der Waals surface area contributed by atoms with E-state index in [2.05, 4.69) is 15.3 Å². The number of aromatic nitrogens is 2. The molecule has 2 aliphatic rings. The maximum atomic E-state index is 5.76. The first-order valence-electron chi connectivity index (χ1n) is 6.11. The number of rotatable bonds is 1. The standard InChI is InChI=1S/C13H12N4O2/c14-13-16-11(8-3-4-15-12(8)17-13)7-1-2-9-10(5-7)19-6-18-9/h1-2,5H,3-4,6H2,(H3,14,15,16,17). The first-order chi connectivity index (χ1) is 9.31. The lowest BCUT2D eigenvalue weighted by Gasteiger charge is -2.08. The summed E-state index contributed by atoms with van der Waals surface area (Å²) in [4.78, 5) is 8.58. The zero-order chi connectivity index (χ0) is 12.8. The molecule has 0 fully saturated rings. The number of nitrogens with two attached hydrogens (primary N) is 1. The molecular formula is C13H12N4O2. The van der Waals surface area contributed by atoms with Crippen LogP contribution in [0.3, 0.4) is 0 Å². The molecule has 4 rings (SSSR count). The van der Waals surface area contributed by atoms with Crippen LogP contribution in [0, 0.1) is 0 Å². The number of nitrogen functional groups attached to an aromatic ring is 1. The van der Waals surface area contributed by atoms with E-state index in [1.54, 1.807) is 0 Å². The Kier molecular flexibility index (Phi) is 2.05. The molecule has 0 unspecified atom stereocenters. The molecular weight excluding hydrogens is 244 g/mol. The van der Waals surface area contributed by atoms with E-state index in [4.69, 9.17) is 15.2 Å². The van der Waals surface area contributed by atoms with E-state index >= 15 is 0 Å². The maximum Gasteiger partial charge on any atom is 0.231 e. The molecule has 6 heteroatoms. The topological polar surface area (TPSA) is 82.3 Å². The minimum absolute atomic E-state index is 0.268. The van der Waals surface area contributed by atoms with E-state index in [0.29, 0.717) is 0 Å². The molecule has 0 saturated heterocycles. The van der Waals surface area contributed by atoms with Gasteiger partial charge in [0.1, 0.15) is 5.82 Å². The number of nitrogens with one attached hydrogen (secondary N) is 1. The highest BCUT2D eigenvalue weighted by molar-refractivity contribution is 5.73. The predicted octanol–water partition coefficient (Wildman–Crippen LogP) is 1.42. The summed E-state index contributed by atoms with van der Waals surface area (Å²) in [6, 6.07) is 5.79. The molecule has 1 aromatic heterocycles. The molecule has 1 aromatic carbocycles. The predicted molar refractivity (Wildman–Crippen MR) is 70.2 cm³/mol. The third kappa shape index (κ3) is 1.56. The molecule has 0 radical (unpaired) electrons. The summed E-state index contributed by atoms with van der Waals surface area (Å²) < 4.78 is 10.7. The van der Waals surface area contributed by atoms with Crippen LogP contribution in [0.25, 0.3) is 11.3 Å². The van der Waals surface area contributed by atoms with Crippen LogP contribution in [0.4, 0.5) is 11.8 Å². The fourth-order valence-electron chi connectivity index (χ4n) is 2.47. The molecule has 3 heterocycles. The highest BCUT2D eigenvalue weighted by atomic mass is 16.7. The molecule has 19 heavy (non-hydrogen) atoms. The van der Waals surface area contributed by atoms with Crippen LogP contribution in [0.1, 0.15) is 5.56 Å². The molecule has 3 N–H and O–H groups in total. The number of nitrogens with zero attached hydrogens (tertiary/aromatic N) is 2. The van der Waals surface area contributed by atoms with Gasteiger partial charge >= 0.3 is 0 Å². The van der Waals surface area contributed by atoms with Gasteiger partial charge in [-0.25, -0.2) is 4.98 Å². The quantitative estimate of drug-likeness (QED) is 0.803. The monoisotopic (exact) mass is 256 g/mol. The summed E-state index contributed by atoms with van der Waals surface area (Å²) >= 11 is 0. The van der Waals surface area contributed by atoms with Gasteiger partial charge in [-0.3, -0.25) is 0 Å². The summed E-state index contributed by atoms with van der Waals surface area (Å²) in [7, 11) is 0. The van der Waals surface area contributed by atoms with Gasteiger partial charge in [0.25, 0.3) is 0 Å². The Balaban J connectivity index is 1.89. The summed E-state index contributed by atoms with van der Waals surface area (Å²) in [6.45, 7) is 1.13. The van der Waals surface area contributed by atoms with Crippen LogP contribution in [-0.2, 0) is 6.42 Å². The normalized spacial score (nSPS) is 15.2. The van der Waals surface area contributed by atoms with Crippen molar-refractivity contribution in [2.45, 2.75) is 6.42 Å². The molecule has 0 saturated carbocycles. The van der Waals surface area contributed by atoms with E-state index in [1.807, 2.05) is 18.2 Å². The first kappa shape index (κ1) is 10.4. The van der Waals surface area contributed by atoms with Crippen LogP contribution in [0.5, 0.6) is 11.5 Å². The van der Waals surface area contributed by atoms with Crippen molar-refractivity contribution in [3.05, 3.63) is 23.8 Å². The van der Waals surface area contributed by atoms with E-state index in [9.17, 15) is 0 Å². The summed E-state index contributed by atoms with van der Waals surface area (Å²) in [5, 5.41) is 3.22. The molecule has 0 atom stereocenters. The Morgan fingerprint density at radius 1 is 1.16 bits per heavy atom. The van der Waals surface area contributed by atoms with E-state index in [-0.39, 0.29) is 12.7 Å².